The molecule has 0 amide bonds. The molecule has 0 aliphatic heterocycles. The Hall–Kier alpha value is -2.32. The maximum absolute atomic E-state index is 14.5. The molecule has 4 unspecified atom stereocenters. The Morgan fingerprint density at radius 3 is 0.732 bits per heavy atom. The van der Waals surface area contributed by atoms with Gasteiger partial charge in [0.25, 0.3) is 0 Å². The quantitative estimate of drug-likeness (QED) is 0.117. The van der Waals surface area contributed by atoms with Crippen molar-refractivity contribution in [3.05, 3.63) is 12.1 Å². The summed E-state index contributed by atoms with van der Waals surface area (Å²) in [6, 6.07) is -4.56. The molecule has 56 heavy (non-hydrogen) atoms. The molecule has 0 aliphatic carbocycles. The van der Waals surface area contributed by atoms with E-state index in [1.165, 1.54) is 4.74 Å². The fraction of sp³-hybridized carbons (Fsp3) is 0.824. The number of rotatable bonds is 16. The molecule has 0 aromatic carbocycles. The molecular formula is C17F31NaO7. The third-order valence-corrected chi connectivity index (χ3v) is 5.02. The molecule has 4 atom stereocenters. The minimum absolute atomic E-state index is 0. The second-order valence-corrected chi connectivity index (χ2v) is 8.86. The van der Waals surface area contributed by atoms with Crippen molar-refractivity contribution in [2.75, 3.05) is 0 Å². The number of alkyl halides is 28. The van der Waals surface area contributed by atoms with Crippen LogP contribution in [0.4, 0.5) is 136 Å². The molecule has 0 rings (SSSR count). The fourth-order valence-corrected chi connectivity index (χ4v) is 2.43. The summed E-state index contributed by atoms with van der Waals surface area (Å²) in [6.45, 7) is 0. The van der Waals surface area contributed by atoms with Crippen LogP contribution in [0.2, 0.25) is 0 Å². The van der Waals surface area contributed by atoms with Gasteiger partial charge in [-0.15, -0.1) is 0 Å². The van der Waals surface area contributed by atoms with Crippen LogP contribution >= 0.6 is 0 Å². The summed E-state index contributed by atoms with van der Waals surface area (Å²) in [5.74, 6) is -48.8. The van der Waals surface area contributed by atoms with E-state index in [0.29, 0.717) is 0 Å². The maximum atomic E-state index is 14.5. The van der Waals surface area contributed by atoms with Crippen molar-refractivity contribution in [3.63, 3.8) is 0 Å². The first kappa shape index (κ1) is 55.8. The average molecular weight is 928 g/mol. The predicted octanol–water partition coefficient (Wildman–Crippen LogP) is 5.37. The largest absolute Gasteiger partial charge is 1.00 e. The zero-order valence-corrected chi connectivity index (χ0v) is 26.1. The summed E-state index contributed by atoms with van der Waals surface area (Å²) in [4.78, 5) is 9.96. The third-order valence-electron chi connectivity index (χ3n) is 5.02. The van der Waals surface area contributed by atoms with Crippen LogP contribution in [0.5, 0.6) is 0 Å². The monoisotopic (exact) mass is 928 g/mol. The third kappa shape index (κ3) is 9.58. The van der Waals surface area contributed by atoms with Crippen molar-refractivity contribution in [1.82, 2.24) is 0 Å². The standard InChI is InChI=1S/C17HF31O7.Na/c18-1(19)2(20)51-14(41,42)5(23,9(27,28)29)53-16(45,46)7(25,11(33,34)35)55-17(47,48)8(26,12(36,37)38)54-15(43,44)6(24,10(30,31)32)52-13(39,40)4(21,22)3(49)50;/h(H,49,50);/q;+1/p-1. The molecule has 0 aliphatic rings. The molecule has 0 fully saturated rings. The first-order chi connectivity index (χ1) is 23.3. The molecule has 0 N–H and O–H groups in total. The van der Waals surface area contributed by atoms with E-state index in [-0.39, 0.29) is 29.6 Å². The SMILES string of the molecule is O=C([O-])C(F)(F)C(F)(F)OC(F)(C(F)(F)F)C(F)(F)OC(F)(C(F)(F)F)C(F)(F)OC(F)(C(F)(F)F)C(F)(F)OC(F)(C(F)(F)F)C(F)(F)OC(F)=C(F)F.[Na+]. The molecule has 0 bridgehead atoms. The Labute approximate surface area is 302 Å². The van der Waals surface area contributed by atoms with Gasteiger partial charge >= 0.3 is 126 Å². The Morgan fingerprint density at radius 1 is 0.357 bits per heavy atom. The number of ether oxygens (including phenoxy) is 5. The Balaban J connectivity index is 0. The normalized spacial score (nSPS) is 19.1. The number of hydrogen-bond donors (Lipinski definition) is 0. The van der Waals surface area contributed by atoms with Crippen LogP contribution in [0.3, 0.4) is 0 Å². The van der Waals surface area contributed by atoms with Crippen molar-refractivity contribution in [2.45, 2.75) is 84.6 Å². The first-order valence-corrected chi connectivity index (χ1v) is 11.1. The molecule has 39 heteroatoms. The molecule has 0 spiro atoms. The Bertz CT molecular complexity index is 1430. The van der Waals surface area contributed by atoms with Gasteiger partial charge in [-0.3, -0.25) is 18.9 Å². The van der Waals surface area contributed by atoms with Gasteiger partial charge in [0.1, 0.15) is 5.97 Å². The summed E-state index contributed by atoms with van der Waals surface area (Å²) < 4.78 is 419. The van der Waals surface area contributed by atoms with Crippen LogP contribution < -0.4 is 34.7 Å². The molecule has 0 saturated heterocycles. The van der Waals surface area contributed by atoms with Crippen molar-refractivity contribution in [3.8, 4) is 0 Å². The predicted molar refractivity (Wildman–Crippen MR) is 90.0 cm³/mol. The van der Waals surface area contributed by atoms with Crippen molar-refractivity contribution in [2.24, 2.45) is 0 Å². The first-order valence-electron chi connectivity index (χ1n) is 11.1. The Morgan fingerprint density at radius 2 is 0.554 bits per heavy atom. The summed E-state index contributed by atoms with van der Waals surface area (Å²) >= 11 is 0. The molecule has 0 radical (unpaired) electrons. The number of carbonyl (C=O) groups excluding carboxylic acids is 1. The fourth-order valence-electron chi connectivity index (χ4n) is 2.43. The van der Waals surface area contributed by atoms with Gasteiger partial charge in [0, 0.05) is 0 Å². The van der Waals surface area contributed by atoms with E-state index in [2.05, 4.69) is 0 Å². The average Bonchev–Trinajstić information content (AvgIpc) is 2.88. The minimum atomic E-state index is -9.40. The second-order valence-electron chi connectivity index (χ2n) is 8.86. The van der Waals surface area contributed by atoms with Gasteiger partial charge in [-0.2, -0.15) is 136 Å². The van der Waals surface area contributed by atoms with E-state index in [1.807, 2.05) is 0 Å². The number of carbonyl (C=O) groups is 1. The molecule has 328 valence electrons. The molecule has 7 nitrogen and oxygen atoms in total. The molecular weight excluding hydrogens is 928 g/mol. The van der Waals surface area contributed by atoms with E-state index in [9.17, 15) is 146 Å². The van der Waals surface area contributed by atoms with Crippen molar-refractivity contribution >= 4 is 5.97 Å². The van der Waals surface area contributed by atoms with Crippen LogP contribution in [0, 0.1) is 0 Å². The van der Waals surface area contributed by atoms with Crippen LogP contribution in [0.25, 0.3) is 0 Å². The van der Waals surface area contributed by atoms with Gasteiger partial charge in [-0.05, 0) is 0 Å². The zero-order chi connectivity index (χ0) is 45.3. The number of carboxylic acid groups (broad SMARTS) is 1. The molecule has 0 heterocycles. The molecule has 0 aromatic rings. The minimum Gasteiger partial charge on any atom is -0.544 e. The second kappa shape index (κ2) is 15.4. The van der Waals surface area contributed by atoms with Gasteiger partial charge < -0.3 is 14.6 Å². The summed E-state index contributed by atoms with van der Waals surface area (Å²) in [5, 5.41) is 9.96. The van der Waals surface area contributed by atoms with E-state index < -0.39 is 103 Å². The maximum Gasteiger partial charge on any atom is 1.00 e. The number of halogens is 31. The summed E-state index contributed by atoms with van der Waals surface area (Å²) in [7, 11) is 0. The van der Waals surface area contributed by atoms with Gasteiger partial charge in [-0.25, -0.2) is 0 Å². The smallest absolute Gasteiger partial charge is 0.544 e. The van der Waals surface area contributed by atoms with Crippen molar-refractivity contribution in [1.29, 1.82) is 0 Å². The molecule has 0 aromatic heterocycles. The van der Waals surface area contributed by atoms with E-state index >= 15 is 0 Å². The van der Waals surface area contributed by atoms with E-state index in [4.69, 9.17) is 0 Å². The van der Waals surface area contributed by atoms with Gasteiger partial charge in [0.05, 0.1) is 0 Å². The summed E-state index contributed by atoms with van der Waals surface area (Å²) in [6.07, 6.45) is -83.7. The number of aliphatic carboxylic acids is 1. The molecule has 0 saturated carbocycles. The Kier molecular flexibility index (Phi) is 15.3. The van der Waals surface area contributed by atoms with E-state index in [1.54, 1.807) is 0 Å². The number of hydrogen-bond acceptors (Lipinski definition) is 7. The van der Waals surface area contributed by atoms with Crippen LogP contribution in [-0.4, -0.2) is 90.6 Å². The van der Waals surface area contributed by atoms with Crippen LogP contribution in [0.1, 0.15) is 0 Å². The van der Waals surface area contributed by atoms with Crippen LogP contribution in [-0.2, 0) is 28.5 Å². The topological polar surface area (TPSA) is 86.3 Å². The van der Waals surface area contributed by atoms with Crippen LogP contribution in [0.15, 0.2) is 12.1 Å². The number of carboxylic acids is 1. The zero-order valence-electron chi connectivity index (χ0n) is 24.1. The van der Waals surface area contributed by atoms with E-state index in [0.717, 1.165) is 18.9 Å². The van der Waals surface area contributed by atoms with Gasteiger partial charge in [0.15, 0.2) is 0 Å². The van der Waals surface area contributed by atoms with Crippen molar-refractivity contribution < 1.29 is 199 Å². The summed E-state index contributed by atoms with van der Waals surface area (Å²) in [5.41, 5.74) is 0. The van der Waals surface area contributed by atoms with Gasteiger partial charge in [-0.1, -0.05) is 0 Å². The van der Waals surface area contributed by atoms with Gasteiger partial charge in [0.2, 0.25) is 0 Å².